The maximum atomic E-state index is 6.02. The highest BCUT2D eigenvalue weighted by molar-refractivity contribution is 6.99. The Morgan fingerprint density at radius 3 is 0.750 bits per heavy atom. The van der Waals surface area contributed by atoms with E-state index in [2.05, 4.69) is 48.5 Å². The molecule has 0 aliphatic carbocycles. The molecule has 8 heteroatoms. The van der Waals surface area contributed by atoms with E-state index in [4.69, 9.17) is 28.4 Å². The Balaban J connectivity index is 5.99. The second-order valence-electron chi connectivity index (χ2n) is 7.27. The van der Waals surface area contributed by atoms with E-state index in [-0.39, 0.29) is 0 Å². The second-order valence-corrected chi connectivity index (χ2v) is 16.8. The molecule has 0 aliphatic heterocycles. The zero-order valence-corrected chi connectivity index (χ0v) is 21.5. The maximum Gasteiger partial charge on any atom is 0.141 e. The van der Waals surface area contributed by atoms with Crippen LogP contribution in [0.3, 0.4) is 0 Å². The van der Waals surface area contributed by atoms with Crippen molar-refractivity contribution in [2.45, 2.75) is 53.6 Å². The van der Waals surface area contributed by atoms with Crippen LogP contribution in [0.5, 0.6) is 0 Å². The van der Waals surface area contributed by atoms with Gasteiger partial charge in [-0.3, -0.25) is 0 Å². The topological polar surface area (TPSA) is 55.4 Å². The highest BCUT2D eigenvalue weighted by atomic mass is 28.4. The number of hydrogen-bond acceptors (Lipinski definition) is 6. The van der Waals surface area contributed by atoms with Crippen LogP contribution < -0.4 is 0 Å². The van der Waals surface area contributed by atoms with E-state index >= 15 is 0 Å². The standard InChI is InChI=1S/C20H46O6Si2/c1-8-21-14-27(15-22-9-2,16-23-10-3)20(7)28(17-24-11-4,18-25-12-5)19-26-13-6/h20H,8-19H2,1-7H3. The largest absolute Gasteiger partial charge is 0.385 e. The molecular formula is C20H46O6Si2. The Labute approximate surface area is 175 Å². The third-order valence-corrected chi connectivity index (χ3v) is 17.4. The molecule has 0 aromatic rings. The van der Waals surface area contributed by atoms with Crippen molar-refractivity contribution in [3.63, 3.8) is 0 Å². The van der Waals surface area contributed by atoms with Crippen LogP contribution in [0.2, 0.25) is 5.16 Å². The van der Waals surface area contributed by atoms with E-state index in [1.807, 2.05) is 0 Å². The van der Waals surface area contributed by atoms with Crippen molar-refractivity contribution in [1.29, 1.82) is 0 Å². The van der Waals surface area contributed by atoms with Crippen molar-refractivity contribution < 1.29 is 28.4 Å². The molecule has 0 N–H and O–H groups in total. The van der Waals surface area contributed by atoms with Crippen molar-refractivity contribution in [3.8, 4) is 0 Å². The monoisotopic (exact) mass is 438 g/mol. The summed E-state index contributed by atoms with van der Waals surface area (Å²) in [4.78, 5) is 0. The van der Waals surface area contributed by atoms with E-state index in [0.717, 1.165) is 37.4 Å². The molecule has 0 saturated heterocycles. The molecule has 0 aliphatic rings. The van der Waals surface area contributed by atoms with Crippen molar-refractivity contribution in [2.75, 3.05) is 77.0 Å². The van der Waals surface area contributed by atoms with Crippen LogP contribution in [0.15, 0.2) is 0 Å². The fraction of sp³-hybridized carbons (Fsp3) is 1.00. The Morgan fingerprint density at radius 1 is 0.429 bits per heavy atom. The van der Waals surface area contributed by atoms with Gasteiger partial charge in [0.15, 0.2) is 0 Å². The van der Waals surface area contributed by atoms with Gasteiger partial charge in [0.1, 0.15) is 16.1 Å². The first kappa shape index (κ1) is 28.2. The lowest BCUT2D eigenvalue weighted by atomic mass is 10.9. The average molecular weight is 439 g/mol. The minimum atomic E-state index is -2.09. The molecular weight excluding hydrogens is 392 g/mol. The minimum Gasteiger partial charge on any atom is -0.385 e. The fourth-order valence-corrected chi connectivity index (χ4v) is 15.8. The first-order valence-electron chi connectivity index (χ1n) is 11.0. The summed E-state index contributed by atoms with van der Waals surface area (Å²) in [5.41, 5.74) is 0. The van der Waals surface area contributed by atoms with Crippen LogP contribution >= 0.6 is 0 Å². The fourth-order valence-electron chi connectivity index (χ4n) is 3.48. The zero-order chi connectivity index (χ0) is 21.3. The predicted molar refractivity (Wildman–Crippen MR) is 120 cm³/mol. The van der Waals surface area contributed by atoms with E-state index in [0.29, 0.717) is 44.8 Å². The Bertz CT molecular complexity index is 284. The van der Waals surface area contributed by atoms with Gasteiger partial charge in [-0.2, -0.15) is 0 Å². The van der Waals surface area contributed by atoms with E-state index in [1.165, 1.54) is 0 Å². The zero-order valence-electron chi connectivity index (χ0n) is 19.5. The van der Waals surface area contributed by atoms with Gasteiger partial charge in [-0.15, -0.1) is 0 Å². The van der Waals surface area contributed by atoms with Gasteiger partial charge in [0.05, 0.1) is 0 Å². The molecule has 0 heterocycles. The summed E-state index contributed by atoms with van der Waals surface area (Å²) in [5, 5.41) is 0.411. The van der Waals surface area contributed by atoms with Crippen LogP contribution in [0.4, 0.5) is 0 Å². The van der Waals surface area contributed by atoms with Crippen LogP contribution in [0, 0.1) is 0 Å². The van der Waals surface area contributed by atoms with Gasteiger partial charge in [0.25, 0.3) is 0 Å². The molecule has 28 heavy (non-hydrogen) atoms. The lowest BCUT2D eigenvalue weighted by Crippen LogP contribution is -2.67. The predicted octanol–water partition coefficient (Wildman–Crippen LogP) is 3.27. The third-order valence-electron chi connectivity index (χ3n) is 5.40. The summed E-state index contributed by atoms with van der Waals surface area (Å²) >= 11 is 0. The van der Waals surface area contributed by atoms with Gasteiger partial charge in [-0.25, -0.2) is 0 Å². The molecule has 0 radical (unpaired) electrons. The Hall–Kier alpha value is 0.194. The van der Waals surface area contributed by atoms with Crippen molar-refractivity contribution >= 4 is 16.1 Å². The summed E-state index contributed by atoms with van der Waals surface area (Å²) in [6, 6.07) is 0. The minimum absolute atomic E-state index is 0.411. The summed E-state index contributed by atoms with van der Waals surface area (Å²) in [7, 11) is -4.18. The average Bonchev–Trinajstić information content (AvgIpc) is 2.73. The highest BCUT2D eigenvalue weighted by Gasteiger charge is 2.53. The summed E-state index contributed by atoms with van der Waals surface area (Å²) in [5.74, 6) is 0. The Morgan fingerprint density at radius 2 is 0.607 bits per heavy atom. The van der Waals surface area contributed by atoms with Crippen LogP contribution in [-0.2, 0) is 28.4 Å². The number of rotatable bonds is 20. The van der Waals surface area contributed by atoms with Gasteiger partial charge < -0.3 is 28.4 Å². The molecule has 0 atom stereocenters. The van der Waals surface area contributed by atoms with Crippen LogP contribution in [0.25, 0.3) is 0 Å². The van der Waals surface area contributed by atoms with E-state index < -0.39 is 16.1 Å². The molecule has 0 bridgehead atoms. The summed E-state index contributed by atoms with van der Waals surface area (Å²) in [6.07, 6.45) is 4.44. The lowest BCUT2D eigenvalue weighted by molar-refractivity contribution is 0.129. The van der Waals surface area contributed by atoms with Gasteiger partial charge in [-0.05, 0) is 46.7 Å². The van der Waals surface area contributed by atoms with Gasteiger partial charge in [-0.1, -0.05) is 6.92 Å². The SMILES string of the molecule is CCOC[Si](COCC)(COCC)C(C)[Si](COCC)(COCC)COCC. The molecule has 0 amide bonds. The first-order valence-corrected chi connectivity index (χ1v) is 16.4. The molecule has 170 valence electrons. The summed E-state index contributed by atoms with van der Waals surface area (Å²) < 4.78 is 36.1. The molecule has 0 aromatic heterocycles. The third kappa shape index (κ3) is 9.34. The first-order chi connectivity index (χ1) is 13.5. The molecule has 0 spiro atoms. The van der Waals surface area contributed by atoms with Crippen molar-refractivity contribution in [2.24, 2.45) is 0 Å². The van der Waals surface area contributed by atoms with Gasteiger partial charge >= 0.3 is 0 Å². The summed E-state index contributed by atoms with van der Waals surface area (Å²) in [6.45, 7) is 18.9. The van der Waals surface area contributed by atoms with E-state index in [1.54, 1.807) is 0 Å². The number of hydrogen-bond donors (Lipinski definition) is 0. The normalized spacial score (nSPS) is 12.9. The van der Waals surface area contributed by atoms with Crippen molar-refractivity contribution in [1.82, 2.24) is 0 Å². The van der Waals surface area contributed by atoms with Crippen LogP contribution in [-0.4, -0.2) is 93.2 Å². The van der Waals surface area contributed by atoms with Crippen LogP contribution in [0.1, 0.15) is 48.5 Å². The number of ether oxygens (including phenoxy) is 6. The molecule has 6 nitrogen and oxygen atoms in total. The molecule has 0 fully saturated rings. The molecule has 0 rings (SSSR count). The van der Waals surface area contributed by atoms with E-state index in [9.17, 15) is 0 Å². The van der Waals surface area contributed by atoms with Gasteiger partial charge in [0.2, 0.25) is 0 Å². The maximum absolute atomic E-state index is 6.02. The lowest BCUT2D eigenvalue weighted by Gasteiger charge is -2.46. The molecule has 0 unspecified atom stereocenters. The quantitative estimate of drug-likeness (QED) is 0.272. The molecule has 0 saturated carbocycles. The Kier molecular flexibility index (Phi) is 17.1. The smallest absolute Gasteiger partial charge is 0.141 e. The van der Waals surface area contributed by atoms with Crippen molar-refractivity contribution in [3.05, 3.63) is 0 Å². The second kappa shape index (κ2) is 16.9. The highest BCUT2D eigenvalue weighted by Crippen LogP contribution is 2.34. The molecule has 0 aromatic carbocycles. The van der Waals surface area contributed by atoms with Gasteiger partial charge in [0, 0.05) is 77.0 Å².